The van der Waals surface area contributed by atoms with Crippen molar-refractivity contribution in [3.05, 3.63) is 35.1 Å². The maximum absolute atomic E-state index is 11.8. The SMILES string of the molecule is Cc1ccc(NC(=O)CSc2nncn2C)c(Cl)c1. The molecule has 0 bridgehead atoms. The Labute approximate surface area is 120 Å². The normalized spacial score (nSPS) is 10.5. The van der Waals surface area contributed by atoms with Crippen LogP contribution < -0.4 is 5.32 Å². The molecule has 100 valence electrons. The Bertz CT molecular complexity index is 599. The first-order valence-corrected chi connectivity index (χ1v) is 6.95. The fourth-order valence-electron chi connectivity index (χ4n) is 1.44. The zero-order valence-corrected chi connectivity index (χ0v) is 12.1. The summed E-state index contributed by atoms with van der Waals surface area (Å²) in [6, 6.07) is 5.51. The predicted octanol–water partition coefficient (Wildman–Crippen LogP) is 2.51. The van der Waals surface area contributed by atoms with Gasteiger partial charge < -0.3 is 9.88 Å². The second-order valence-electron chi connectivity index (χ2n) is 4.04. The lowest BCUT2D eigenvalue weighted by Gasteiger charge is -2.07. The Morgan fingerprint density at radius 1 is 1.53 bits per heavy atom. The van der Waals surface area contributed by atoms with Crippen LogP contribution in [0.1, 0.15) is 5.56 Å². The summed E-state index contributed by atoms with van der Waals surface area (Å²) < 4.78 is 1.76. The zero-order valence-electron chi connectivity index (χ0n) is 10.6. The quantitative estimate of drug-likeness (QED) is 0.881. The number of thioether (sulfide) groups is 1. The van der Waals surface area contributed by atoms with Crippen molar-refractivity contribution < 1.29 is 4.79 Å². The van der Waals surface area contributed by atoms with Crippen molar-refractivity contribution in [2.75, 3.05) is 11.1 Å². The molecule has 2 rings (SSSR count). The van der Waals surface area contributed by atoms with Gasteiger partial charge in [-0.05, 0) is 24.6 Å². The van der Waals surface area contributed by atoms with Gasteiger partial charge in [-0.15, -0.1) is 10.2 Å². The van der Waals surface area contributed by atoms with E-state index < -0.39 is 0 Å². The van der Waals surface area contributed by atoms with Gasteiger partial charge in [-0.1, -0.05) is 29.4 Å². The van der Waals surface area contributed by atoms with Crippen LogP contribution in [0, 0.1) is 6.92 Å². The van der Waals surface area contributed by atoms with Crippen LogP contribution in [-0.2, 0) is 11.8 Å². The summed E-state index contributed by atoms with van der Waals surface area (Å²) in [6.45, 7) is 1.95. The van der Waals surface area contributed by atoms with E-state index in [9.17, 15) is 4.79 Å². The van der Waals surface area contributed by atoms with Gasteiger partial charge in [0.1, 0.15) is 6.33 Å². The van der Waals surface area contributed by atoms with Crippen LogP contribution in [0.4, 0.5) is 5.69 Å². The standard InChI is InChI=1S/C12H13ClN4OS/c1-8-3-4-10(9(13)5-8)15-11(18)6-19-12-16-14-7-17(12)2/h3-5,7H,6H2,1-2H3,(H,15,18). The molecule has 0 aliphatic heterocycles. The van der Waals surface area contributed by atoms with E-state index in [0.29, 0.717) is 15.9 Å². The molecule has 1 aromatic carbocycles. The monoisotopic (exact) mass is 296 g/mol. The van der Waals surface area contributed by atoms with Gasteiger partial charge in [0.25, 0.3) is 0 Å². The second kappa shape index (κ2) is 6.08. The van der Waals surface area contributed by atoms with Crippen molar-refractivity contribution in [3.63, 3.8) is 0 Å². The molecule has 0 saturated carbocycles. The highest BCUT2D eigenvalue weighted by molar-refractivity contribution is 7.99. The molecule has 1 amide bonds. The van der Waals surface area contributed by atoms with Crippen molar-refractivity contribution in [2.45, 2.75) is 12.1 Å². The predicted molar refractivity (Wildman–Crippen MR) is 76.5 cm³/mol. The van der Waals surface area contributed by atoms with Gasteiger partial charge in [-0.25, -0.2) is 0 Å². The van der Waals surface area contributed by atoms with Crippen molar-refractivity contribution >= 4 is 35.0 Å². The van der Waals surface area contributed by atoms with Crippen molar-refractivity contribution in [1.82, 2.24) is 14.8 Å². The van der Waals surface area contributed by atoms with Gasteiger partial charge in [-0.3, -0.25) is 4.79 Å². The molecular weight excluding hydrogens is 284 g/mol. The first-order chi connectivity index (χ1) is 9.06. The van der Waals surface area contributed by atoms with Gasteiger partial charge >= 0.3 is 0 Å². The van der Waals surface area contributed by atoms with Crippen LogP contribution >= 0.6 is 23.4 Å². The Hall–Kier alpha value is -1.53. The van der Waals surface area contributed by atoms with Crippen LogP contribution in [-0.4, -0.2) is 26.4 Å². The molecule has 0 saturated heterocycles. The average Bonchev–Trinajstić information content (AvgIpc) is 2.76. The smallest absolute Gasteiger partial charge is 0.234 e. The summed E-state index contributed by atoms with van der Waals surface area (Å²) in [6.07, 6.45) is 1.59. The van der Waals surface area contributed by atoms with Gasteiger partial charge in [0.15, 0.2) is 5.16 Å². The number of rotatable bonds is 4. The molecule has 0 atom stereocenters. The number of nitrogens with one attached hydrogen (secondary N) is 1. The topological polar surface area (TPSA) is 59.8 Å². The van der Waals surface area contributed by atoms with E-state index in [1.54, 1.807) is 17.0 Å². The fourth-order valence-corrected chi connectivity index (χ4v) is 2.41. The lowest BCUT2D eigenvalue weighted by atomic mass is 10.2. The number of anilines is 1. The number of amides is 1. The molecule has 7 heteroatoms. The molecule has 0 aliphatic rings. The highest BCUT2D eigenvalue weighted by atomic mass is 35.5. The highest BCUT2D eigenvalue weighted by Gasteiger charge is 2.09. The van der Waals surface area contributed by atoms with E-state index in [0.717, 1.165) is 5.56 Å². The van der Waals surface area contributed by atoms with E-state index in [4.69, 9.17) is 11.6 Å². The molecule has 19 heavy (non-hydrogen) atoms. The summed E-state index contributed by atoms with van der Waals surface area (Å²) in [5.74, 6) is 0.134. The highest BCUT2D eigenvalue weighted by Crippen LogP contribution is 2.23. The Morgan fingerprint density at radius 3 is 2.95 bits per heavy atom. The Balaban J connectivity index is 1.93. The molecule has 0 radical (unpaired) electrons. The third kappa shape index (κ3) is 3.71. The lowest BCUT2D eigenvalue weighted by Crippen LogP contribution is -2.14. The van der Waals surface area contributed by atoms with Crippen molar-refractivity contribution in [2.24, 2.45) is 7.05 Å². The first-order valence-electron chi connectivity index (χ1n) is 5.59. The van der Waals surface area contributed by atoms with Crippen LogP contribution in [0.2, 0.25) is 5.02 Å². The minimum absolute atomic E-state index is 0.126. The van der Waals surface area contributed by atoms with Gasteiger partial charge in [0.2, 0.25) is 5.91 Å². The van der Waals surface area contributed by atoms with Gasteiger partial charge in [0, 0.05) is 7.05 Å². The summed E-state index contributed by atoms with van der Waals surface area (Å²) in [4.78, 5) is 11.8. The maximum Gasteiger partial charge on any atom is 0.234 e. The molecule has 1 aromatic heterocycles. The molecule has 0 spiro atoms. The lowest BCUT2D eigenvalue weighted by molar-refractivity contribution is -0.113. The number of nitrogens with zero attached hydrogens (tertiary/aromatic N) is 3. The molecular formula is C12H13ClN4OS. The Morgan fingerprint density at radius 2 is 2.32 bits per heavy atom. The third-order valence-electron chi connectivity index (χ3n) is 2.40. The molecule has 0 fully saturated rings. The average molecular weight is 297 g/mol. The molecule has 5 nitrogen and oxygen atoms in total. The van der Waals surface area contributed by atoms with E-state index in [-0.39, 0.29) is 11.7 Å². The fraction of sp³-hybridized carbons (Fsp3) is 0.250. The number of benzene rings is 1. The molecule has 0 unspecified atom stereocenters. The van der Waals surface area contributed by atoms with Crippen LogP contribution in [0.3, 0.4) is 0 Å². The molecule has 1 N–H and O–H groups in total. The van der Waals surface area contributed by atoms with Gasteiger partial charge in [0.05, 0.1) is 16.5 Å². The van der Waals surface area contributed by atoms with E-state index in [1.807, 2.05) is 26.1 Å². The minimum Gasteiger partial charge on any atom is -0.324 e. The van der Waals surface area contributed by atoms with E-state index in [2.05, 4.69) is 15.5 Å². The zero-order chi connectivity index (χ0) is 13.8. The number of aryl methyl sites for hydroxylation is 2. The van der Waals surface area contributed by atoms with Crippen molar-refractivity contribution in [3.8, 4) is 0 Å². The van der Waals surface area contributed by atoms with E-state index >= 15 is 0 Å². The maximum atomic E-state index is 11.8. The van der Waals surface area contributed by atoms with Crippen LogP contribution in [0.5, 0.6) is 0 Å². The Kier molecular flexibility index (Phi) is 4.44. The minimum atomic E-state index is -0.126. The largest absolute Gasteiger partial charge is 0.324 e. The van der Waals surface area contributed by atoms with Gasteiger partial charge in [-0.2, -0.15) is 0 Å². The summed E-state index contributed by atoms with van der Waals surface area (Å²) in [7, 11) is 1.83. The van der Waals surface area contributed by atoms with Crippen LogP contribution in [0.25, 0.3) is 0 Å². The van der Waals surface area contributed by atoms with Crippen LogP contribution in [0.15, 0.2) is 29.7 Å². The number of halogens is 1. The number of aromatic nitrogens is 3. The summed E-state index contributed by atoms with van der Waals surface area (Å²) in [5.41, 5.74) is 1.67. The number of hydrogen-bond acceptors (Lipinski definition) is 4. The second-order valence-corrected chi connectivity index (χ2v) is 5.39. The summed E-state index contributed by atoms with van der Waals surface area (Å²) in [5, 5.41) is 11.6. The number of carbonyl (C=O) groups excluding carboxylic acids is 1. The number of carbonyl (C=O) groups is 1. The molecule has 2 aromatic rings. The summed E-state index contributed by atoms with van der Waals surface area (Å²) >= 11 is 7.37. The third-order valence-corrected chi connectivity index (χ3v) is 3.75. The number of hydrogen-bond donors (Lipinski definition) is 1. The van der Waals surface area contributed by atoms with E-state index in [1.165, 1.54) is 11.8 Å². The molecule has 0 aliphatic carbocycles. The first kappa shape index (κ1) is 13.9. The molecule has 1 heterocycles. The van der Waals surface area contributed by atoms with Crippen molar-refractivity contribution in [1.29, 1.82) is 0 Å².